The monoisotopic (exact) mass is 302 g/mol. The van der Waals surface area contributed by atoms with E-state index in [0.29, 0.717) is 10.0 Å². The van der Waals surface area contributed by atoms with Crippen molar-refractivity contribution in [2.24, 2.45) is 0 Å². The first-order valence-corrected chi connectivity index (χ1v) is 7.21. The molecule has 1 unspecified atom stereocenters. The highest BCUT2D eigenvalue weighted by Gasteiger charge is 2.16. The van der Waals surface area contributed by atoms with Crippen molar-refractivity contribution in [1.82, 2.24) is 4.98 Å². The summed E-state index contributed by atoms with van der Waals surface area (Å²) < 4.78 is 0.736. The van der Waals surface area contributed by atoms with E-state index >= 15 is 0 Å². The number of halogens is 1. The largest absolute Gasteiger partial charge is 0.476 e. The SMILES string of the molecule is Cc1sc(NC(C)c2ccc(Cl)s2)nc1C(=O)O. The van der Waals surface area contributed by atoms with Crippen LogP contribution in [0.3, 0.4) is 0 Å². The van der Waals surface area contributed by atoms with Gasteiger partial charge in [0.1, 0.15) is 0 Å². The number of carbonyl (C=O) groups is 1. The van der Waals surface area contributed by atoms with Gasteiger partial charge in [-0.3, -0.25) is 0 Å². The molecule has 0 radical (unpaired) electrons. The molecule has 0 saturated heterocycles. The Bertz CT molecular complexity index is 579. The second-order valence-corrected chi connectivity index (χ2v) is 6.69. The number of aromatic carboxylic acids is 1. The molecular formula is C11H11ClN2O2S2. The third-order valence-corrected chi connectivity index (χ3v) is 4.68. The lowest BCUT2D eigenvalue weighted by molar-refractivity contribution is 0.0690. The minimum absolute atomic E-state index is 0.0506. The van der Waals surface area contributed by atoms with Crippen molar-refractivity contribution < 1.29 is 9.90 Å². The van der Waals surface area contributed by atoms with Crippen LogP contribution in [-0.2, 0) is 0 Å². The summed E-state index contributed by atoms with van der Waals surface area (Å²) in [4.78, 5) is 16.7. The Labute approximate surface area is 117 Å². The van der Waals surface area contributed by atoms with Gasteiger partial charge >= 0.3 is 5.97 Å². The van der Waals surface area contributed by atoms with Crippen molar-refractivity contribution >= 4 is 45.4 Å². The molecule has 18 heavy (non-hydrogen) atoms. The molecule has 2 N–H and O–H groups in total. The van der Waals surface area contributed by atoms with Gasteiger partial charge in [0, 0.05) is 9.75 Å². The van der Waals surface area contributed by atoms with E-state index in [2.05, 4.69) is 10.3 Å². The van der Waals surface area contributed by atoms with E-state index in [1.54, 1.807) is 6.92 Å². The molecule has 1 atom stereocenters. The van der Waals surface area contributed by atoms with Crippen LogP contribution in [0.5, 0.6) is 0 Å². The van der Waals surface area contributed by atoms with Crippen LogP contribution in [0, 0.1) is 6.92 Å². The van der Waals surface area contributed by atoms with E-state index in [-0.39, 0.29) is 11.7 Å². The average Bonchev–Trinajstić information content (AvgIpc) is 2.85. The third-order valence-electron chi connectivity index (χ3n) is 2.36. The van der Waals surface area contributed by atoms with E-state index in [1.807, 2.05) is 19.1 Å². The maximum atomic E-state index is 10.9. The zero-order chi connectivity index (χ0) is 13.3. The molecule has 0 fully saturated rings. The fourth-order valence-corrected chi connectivity index (χ4v) is 3.43. The highest BCUT2D eigenvalue weighted by atomic mass is 35.5. The highest BCUT2D eigenvalue weighted by molar-refractivity contribution is 7.16. The fraction of sp³-hybridized carbons (Fsp3) is 0.273. The van der Waals surface area contributed by atoms with Gasteiger partial charge in [0.15, 0.2) is 10.8 Å². The van der Waals surface area contributed by atoms with Crippen LogP contribution >= 0.6 is 34.3 Å². The van der Waals surface area contributed by atoms with Gasteiger partial charge < -0.3 is 10.4 Å². The number of hydrogen-bond donors (Lipinski definition) is 2. The predicted molar refractivity (Wildman–Crippen MR) is 75.2 cm³/mol. The topological polar surface area (TPSA) is 62.2 Å². The predicted octanol–water partition coefficient (Wildman–Crippen LogP) is 4.04. The van der Waals surface area contributed by atoms with Gasteiger partial charge in [0.2, 0.25) is 0 Å². The van der Waals surface area contributed by atoms with Crippen molar-refractivity contribution in [2.75, 3.05) is 5.32 Å². The van der Waals surface area contributed by atoms with Crippen LogP contribution < -0.4 is 5.32 Å². The first-order chi connectivity index (χ1) is 8.47. The Morgan fingerprint density at radius 1 is 1.50 bits per heavy atom. The highest BCUT2D eigenvalue weighted by Crippen LogP contribution is 2.31. The van der Waals surface area contributed by atoms with Crippen molar-refractivity contribution in [2.45, 2.75) is 19.9 Å². The molecule has 0 bridgehead atoms. The van der Waals surface area contributed by atoms with Crippen LogP contribution in [-0.4, -0.2) is 16.1 Å². The van der Waals surface area contributed by atoms with Gasteiger partial charge in [-0.1, -0.05) is 11.6 Å². The number of aromatic nitrogens is 1. The summed E-state index contributed by atoms with van der Waals surface area (Å²) in [5.74, 6) is -0.997. The average molecular weight is 303 g/mol. The first kappa shape index (κ1) is 13.3. The summed E-state index contributed by atoms with van der Waals surface area (Å²) in [6.07, 6.45) is 0. The maximum absolute atomic E-state index is 10.9. The summed E-state index contributed by atoms with van der Waals surface area (Å²) in [5.41, 5.74) is 0.110. The molecule has 0 aliphatic rings. The molecular weight excluding hydrogens is 292 g/mol. The van der Waals surface area contributed by atoms with Gasteiger partial charge in [-0.2, -0.15) is 0 Å². The van der Waals surface area contributed by atoms with Crippen LogP contribution in [0.1, 0.15) is 33.2 Å². The summed E-state index contributed by atoms with van der Waals surface area (Å²) in [7, 11) is 0. The molecule has 96 valence electrons. The molecule has 0 spiro atoms. The number of anilines is 1. The van der Waals surface area contributed by atoms with E-state index in [9.17, 15) is 4.79 Å². The number of thiophene rings is 1. The van der Waals surface area contributed by atoms with Gasteiger partial charge in [-0.05, 0) is 26.0 Å². The van der Waals surface area contributed by atoms with Crippen molar-refractivity contribution in [3.63, 3.8) is 0 Å². The van der Waals surface area contributed by atoms with E-state index in [0.717, 1.165) is 9.21 Å². The number of thiazole rings is 1. The standard InChI is InChI=1S/C11H11ClN2O2S2/c1-5(7-3-4-8(12)18-7)13-11-14-9(10(15)16)6(2)17-11/h3-5H,1-2H3,(H,13,14)(H,15,16). The van der Waals surface area contributed by atoms with Crippen LogP contribution in [0.4, 0.5) is 5.13 Å². The van der Waals surface area contributed by atoms with E-state index in [4.69, 9.17) is 16.7 Å². The number of aryl methyl sites for hydroxylation is 1. The van der Waals surface area contributed by atoms with Crippen molar-refractivity contribution in [1.29, 1.82) is 0 Å². The fourth-order valence-electron chi connectivity index (χ4n) is 1.47. The lowest BCUT2D eigenvalue weighted by Crippen LogP contribution is -2.05. The number of rotatable bonds is 4. The third kappa shape index (κ3) is 2.82. The molecule has 0 aliphatic carbocycles. The van der Waals surface area contributed by atoms with Gasteiger partial charge in [0.05, 0.1) is 10.4 Å². The van der Waals surface area contributed by atoms with Crippen molar-refractivity contribution in [3.05, 3.63) is 31.9 Å². The Balaban J connectivity index is 2.14. The molecule has 2 aromatic rings. The van der Waals surface area contributed by atoms with Crippen molar-refractivity contribution in [3.8, 4) is 0 Å². The summed E-state index contributed by atoms with van der Waals surface area (Å²) >= 11 is 8.72. The molecule has 2 rings (SSSR count). The lowest BCUT2D eigenvalue weighted by atomic mass is 10.3. The normalized spacial score (nSPS) is 12.4. The van der Waals surface area contributed by atoms with Crippen LogP contribution in [0.25, 0.3) is 0 Å². The van der Waals surface area contributed by atoms with E-state index < -0.39 is 5.97 Å². The molecule has 0 aliphatic heterocycles. The Morgan fingerprint density at radius 2 is 2.22 bits per heavy atom. The quantitative estimate of drug-likeness (QED) is 0.895. The molecule has 2 aromatic heterocycles. The second-order valence-electron chi connectivity index (χ2n) is 3.74. The van der Waals surface area contributed by atoms with Crippen LogP contribution in [0.2, 0.25) is 4.34 Å². The van der Waals surface area contributed by atoms with Gasteiger partial charge in [0.25, 0.3) is 0 Å². The molecule has 0 aromatic carbocycles. The van der Waals surface area contributed by atoms with Gasteiger partial charge in [-0.25, -0.2) is 9.78 Å². The molecule has 2 heterocycles. The molecule has 4 nitrogen and oxygen atoms in total. The number of carboxylic acid groups (broad SMARTS) is 1. The smallest absolute Gasteiger partial charge is 0.355 e. The maximum Gasteiger partial charge on any atom is 0.355 e. The molecule has 0 amide bonds. The van der Waals surface area contributed by atoms with Gasteiger partial charge in [-0.15, -0.1) is 22.7 Å². The molecule has 7 heteroatoms. The lowest BCUT2D eigenvalue weighted by Gasteiger charge is -2.10. The number of nitrogens with one attached hydrogen (secondary N) is 1. The molecule has 0 saturated carbocycles. The zero-order valence-electron chi connectivity index (χ0n) is 9.73. The minimum Gasteiger partial charge on any atom is -0.476 e. The van der Waals surface area contributed by atoms with Crippen LogP contribution in [0.15, 0.2) is 12.1 Å². The second kappa shape index (κ2) is 5.26. The minimum atomic E-state index is -0.997. The van der Waals surface area contributed by atoms with E-state index in [1.165, 1.54) is 22.7 Å². The number of hydrogen-bond acceptors (Lipinski definition) is 5. The zero-order valence-corrected chi connectivity index (χ0v) is 12.1. The first-order valence-electron chi connectivity index (χ1n) is 5.20. The summed E-state index contributed by atoms with van der Waals surface area (Å²) in [6.45, 7) is 3.73. The Kier molecular flexibility index (Phi) is 3.89. The summed E-state index contributed by atoms with van der Waals surface area (Å²) in [5, 5.41) is 12.7. The number of nitrogens with zero attached hydrogens (tertiary/aromatic N) is 1. The number of carboxylic acids is 1. The Morgan fingerprint density at radius 3 is 2.72 bits per heavy atom. The summed E-state index contributed by atoms with van der Waals surface area (Å²) in [6, 6.07) is 3.84. The Hall–Kier alpha value is -1.11.